The van der Waals surface area contributed by atoms with Gasteiger partial charge in [-0.1, -0.05) is 18.5 Å². The summed E-state index contributed by atoms with van der Waals surface area (Å²) >= 11 is 6.04. The monoisotopic (exact) mass is 237 g/mol. The highest BCUT2D eigenvalue weighted by atomic mass is 35.5. The molecule has 0 amide bonds. The van der Waals surface area contributed by atoms with Gasteiger partial charge in [0.05, 0.1) is 17.0 Å². The summed E-state index contributed by atoms with van der Waals surface area (Å²) in [5.74, 6) is 0.0422. The summed E-state index contributed by atoms with van der Waals surface area (Å²) in [5, 5.41) is 9.47. The number of hydrogen-bond donors (Lipinski definition) is 0. The van der Waals surface area contributed by atoms with E-state index >= 15 is 0 Å². The predicted octanol–water partition coefficient (Wildman–Crippen LogP) is 2.72. The second-order valence-electron chi connectivity index (χ2n) is 3.82. The molecule has 0 saturated carbocycles. The van der Waals surface area contributed by atoms with Crippen LogP contribution in [0.3, 0.4) is 0 Å². The molecule has 0 aliphatic carbocycles. The average molecular weight is 238 g/mol. The van der Waals surface area contributed by atoms with E-state index in [4.69, 9.17) is 16.9 Å². The number of halogens is 1. The molecule has 3 nitrogen and oxygen atoms in total. The topological polar surface area (TPSA) is 39.9 Å². The van der Waals surface area contributed by atoms with Gasteiger partial charge in [0.2, 0.25) is 0 Å². The smallest absolute Gasteiger partial charge is 0.0666 e. The minimum Gasteiger partial charge on any atom is -0.298 e. The van der Waals surface area contributed by atoms with Gasteiger partial charge >= 0.3 is 0 Å². The van der Waals surface area contributed by atoms with Crippen LogP contribution in [0.25, 0.3) is 0 Å². The minimum atomic E-state index is 0.0422. The summed E-state index contributed by atoms with van der Waals surface area (Å²) in [5.41, 5.74) is 1.06. The van der Waals surface area contributed by atoms with Gasteiger partial charge in [-0.25, -0.2) is 0 Å². The zero-order chi connectivity index (χ0) is 12.0. The van der Waals surface area contributed by atoms with Crippen LogP contribution in [-0.2, 0) is 6.54 Å². The zero-order valence-electron chi connectivity index (χ0n) is 9.65. The molecule has 1 heterocycles. The number of nitrogens with zero attached hydrogens (tertiary/aromatic N) is 3. The first kappa shape index (κ1) is 13.0. The summed E-state index contributed by atoms with van der Waals surface area (Å²) in [6, 6.07) is 4.16. The lowest BCUT2D eigenvalue weighted by atomic mass is 10.1. The molecule has 0 aromatic carbocycles. The first-order valence-corrected chi connectivity index (χ1v) is 5.75. The highest BCUT2D eigenvalue weighted by molar-refractivity contribution is 6.31. The third-order valence-electron chi connectivity index (χ3n) is 2.45. The van der Waals surface area contributed by atoms with Crippen molar-refractivity contribution in [3.63, 3.8) is 0 Å². The average Bonchev–Trinajstić information content (AvgIpc) is 2.30. The lowest BCUT2D eigenvalue weighted by molar-refractivity contribution is 0.260. The SMILES string of the molecule is CCN(Cc1ccncc1Cl)CC(C)C#N. The van der Waals surface area contributed by atoms with Gasteiger partial charge < -0.3 is 0 Å². The van der Waals surface area contributed by atoms with E-state index in [0.29, 0.717) is 5.02 Å². The Hall–Kier alpha value is -1.11. The van der Waals surface area contributed by atoms with Crippen molar-refractivity contribution in [3.8, 4) is 6.07 Å². The van der Waals surface area contributed by atoms with Gasteiger partial charge in [0.15, 0.2) is 0 Å². The van der Waals surface area contributed by atoms with E-state index in [1.54, 1.807) is 12.4 Å². The van der Waals surface area contributed by atoms with E-state index in [0.717, 1.165) is 25.2 Å². The molecule has 0 bridgehead atoms. The quantitative estimate of drug-likeness (QED) is 0.791. The molecule has 1 rings (SSSR count). The third kappa shape index (κ3) is 3.80. The van der Waals surface area contributed by atoms with Gasteiger partial charge in [0.25, 0.3) is 0 Å². The molecule has 1 atom stereocenters. The van der Waals surface area contributed by atoms with Crippen molar-refractivity contribution in [3.05, 3.63) is 29.0 Å². The number of aromatic nitrogens is 1. The van der Waals surface area contributed by atoms with Crippen LogP contribution >= 0.6 is 11.6 Å². The van der Waals surface area contributed by atoms with Crippen LogP contribution in [0.4, 0.5) is 0 Å². The van der Waals surface area contributed by atoms with Crippen LogP contribution in [0.15, 0.2) is 18.5 Å². The van der Waals surface area contributed by atoms with E-state index in [9.17, 15) is 0 Å². The Balaban J connectivity index is 2.64. The fourth-order valence-electron chi connectivity index (χ4n) is 1.51. The van der Waals surface area contributed by atoms with E-state index in [1.165, 1.54) is 0 Å². The summed E-state index contributed by atoms with van der Waals surface area (Å²) in [7, 11) is 0. The van der Waals surface area contributed by atoms with Crippen molar-refractivity contribution >= 4 is 11.6 Å². The number of nitriles is 1. The second kappa shape index (κ2) is 6.47. The number of rotatable bonds is 5. The highest BCUT2D eigenvalue weighted by Crippen LogP contribution is 2.16. The molecule has 0 saturated heterocycles. The fourth-order valence-corrected chi connectivity index (χ4v) is 1.69. The lowest BCUT2D eigenvalue weighted by Gasteiger charge is -2.21. The standard InChI is InChI=1S/C12H16ClN3/c1-3-16(8-10(2)6-14)9-11-4-5-15-7-12(11)13/h4-5,7,10H,3,8-9H2,1-2H3. The van der Waals surface area contributed by atoms with Gasteiger partial charge in [-0.3, -0.25) is 9.88 Å². The van der Waals surface area contributed by atoms with Crippen LogP contribution in [0.5, 0.6) is 0 Å². The molecule has 0 aliphatic heterocycles. The molecule has 1 aromatic rings. The van der Waals surface area contributed by atoms with Crippen LogP contribution in [0.2, 0.25) is 5.02 Å². The fraction of sp³-hybridized carbons (Fsp3) is 0.500. The predicted molar refractivity (Wildman–Crippen MR) is 65.0 cm³/mol. The maximum atomic E-state index is 8.79. The van der Waals surface area contributed by atoms with Gasteiger partial charge in [0, 0.05) is 25.5 Å². The van der Waals surface area contributed by atoms with E-state index in [1.807, 2.05) is 13.0 Å². The molecule has 1 unspecified atom stereocenters. The van der Waals surface area contributed by atoms with Crippen molar-refractivity contribution in [2.75, 3.05) is 13.1 Å². The largest absolute Gasteiger partial charge is 0.298 e. The molecule has 16 heavy (non-hydrogen) atoms. The van der Waals surface area contributed by atoms with E-state index in [-0.39, 0.29) is 5.92 Å². The maximum absolute atomic E-state index is 8.79. The molecule has 0 radical (unpaired) electrons. The van der Waals surface area contributed by atoms with Crippen molar-refractivity contribution in [2.45, 2.75) is 20.4 Å². The van der Waals surface area contributed by atoms with Gasteiger partial charge in [-0.05, 0) is 25.1 Å². The zero-order valence-corrected chi connectivity index (χ0v) is 10.4. The van der Waals surface area contributed by atoms with Crippen molar-refractivity contribution in [1.29, 1.82) is 5.26 Å². The lowest BCUT2D eigenvalue weighted by Crippen LogP contribution is -2.27. The number of pyridine rings is 1. The number of hydrogen-bond acceptors (Lipinski definition) is 3. The molecule has 86 valence electrons. The molecule has 0 N–H and O–H groups in total. The first-order chi connectivity index (χ1) is 7.67. The molecular formula is C12H16ClN3. The van der Waals surface area contributed by atoms with Crippen LogP contribution < -0.4 is 0 Å². The molecule has 1 aromatic heterocycles. The van der Waals surface area contributed by atoms with E-state index in [2.05, 4.69) is 22.9 Å². The maximum Gasteiger partial charge on any atom is 0.0666 e. The Morgan fingerprint density at radius 3 is 2.94 bits per heavy atom. The molecule has 0 aliphatic rings. The van der Waals surface area contributed by atoms with Crippen molar-refractivity contribution in [2.24, 2.45) is 5.92 Å². The normalized spacial score (nSPS) is 12.4. The second-order valence-corrected chi connectivity index (χ2v) is 4.23. The third-order valence-corrected chi connectivity index (χ3v) is 2.79. The van der Waals surface area contributed by atoms with Crippen molar-refractivity contribution in [1.82, 2.24) is 9.88 Å². The molecule has 0 fully saturated rings. The summed E-state index contributed by atoms with van der Waals surface area (Å²) in [6.45, 7) is 6.45. The first-order valence-electron chi connectivity index (χ1n) is 5.37. The van der Waals surface area contributed by atoms with Crippen LogP contribution in [-0.4, -0.2) is 23.0 Å². The molecule has 0 spiro atoms. The molecule has 4 heteroatoms. The summed E-state index contributed by atoms with van der Waals surface area (Å²) in [4.78, 5) is 6.16. The Morgan fingerprint density at radius 2 is 2.38 bits per heavy atom. The Morgan fingerprint density at radius 1 is 1.62 bits per heavy atom. The summed E-state index contributed by atoms with van der Waals surface area (Å²) in [6.07, 6.45) is 3.39. The van der Waals surface area contributed by atoms with E-state index < -0.39 is 0 Å². The Labute approximate surface area is 102 Å². The summed E-state index contributed by atoms with van der Waals surface area (Å²) < 4.78 is 0. The highest BCUT2D eigenvalue weighted by Gasteiger charge is 2.10. The van der Waals surface area contributed by atoms with Gasteiger partial charge in [-0.2, -0.15) is 5.26 Å². The van der Waals surface area contributed by atoms with Crippen LogP contribution in [0, 0.1) is 17.2 Å². The minimum absolute atomic E-state index is 0.0422. The van der Waals surface area contributed by atoms with Gasteiger partial charge in [0.1, 0.15) is 0 Å². The van der Waals surface area contributed by atoms with Gasteiger partial charge in [-0.15, -0.1) is 0 Å². The van der Waals surface area contributed by atoms with Crippen molar-refractivity contribution < 1.29 is 0 Å². The molecular weight excluding hydrogens is 222 g/mol. The Bertz CT molecular complexity index is 373. The Kier molecular flexibility index (Phi) is 5.24. The van der Waals surface area contributed by atoms with Crippen LogP contribution in [0.1, 0.15) is 19.4 Å².